The summed E-state index contributed by atoms with van der Waals surface area (Å²) in [6, 6.07) is 8.03. The first-order chi connectivity index (χ1) is 9.15. The lowest BCUT2D eigenvalue weighted by atomic mass is 10.2. The number of hydrogen-bond donors (Lipinski definition) is 2. The number of carbonyl (C=O) groups is 1. The Morgan fingerprint density at radius 3 is 2.79 bits per heavy atom. The quantitative estimate of drug-likeness (QED) is 0.881. The van der Waals surface area contributed by atoms with E-state index in [1.807, 2.05) is 38.1 Å². The molecule has 1 heterocycles. The SMILES string of the molecule is Cc1cnc(NC(=O)CCNc2ccccc2C)s1. The van der Waals surface area contributed by atoms with Crippen LogP contribution in [0.2, 0.25) is 0 Å². The first kappa shape index (κ1) is 13.5. The number of carbonyl (C=O) groups excluding carboxylic acids is 1. The van der Waals surface area contributed by atoms with E-state index < -0.39 is 0 Å². The molecule has 0 saturated heterocycles. The summed E-state index contributed by atoms with van der Waals surface area (Å²) in [5.74, 6) is -0.0181. The Bertz CT molecular complexity index is 565. The third-order valence-corrected chi connectivity index (χ3v) is 3.51. The van der Waals surface area contributed by atoms with Gasteiger partial charge in [0.25, 0.3) is 0 Å². The summed E-state index contributed by atoms with van der Waals surface area (Å²) < 4.78 is 0. The van der Waals surface area contributed by atoms with Crippen molar-refractivity contribution in [2.45, 2.75) is 20.3 Å². The van der Waals surface area contributed by atoms with Crippen molar-refractivity contribution in [2.24, 2.45) is 0 Å². The number of nitrogens with zero attached hydrogens (tertiary/aromatic N) is 1. The van der Waals surface area contributed by atoms with E-state index in [0.717, 1.165) is 10.6 Å². The van der Waals surface area contributed by atoms with Crippen LogP contribution in [0.25, 0.3) is 0 Å². The number of para-hydroxylation sites is 1. The van der Waals surface area contributed by atoms with Crippen molar-refractivity contribution in [1.29, 1.82) is 0 Å². The topological polar surface area (TPSA) is 54.0 Å². The molecule has 0 bridgehead atoms. The predicted molar refractivity (Wildman–Crippen MR) is 79.8 cm³/mol. The molecule has 1 aromatic heterocycles. The largest absolute Gasteiger partial charge is 0.384 e. The van der Waals surface area contributed by atoms with Crippen LogP contribution < -0.4 is 10.6 Å². The van der Waals surface area contributed by atoms with Crippen molar-refractivity contribution in [2.75, 3.05) is 17.2 Å². The van der Waals surface area contributed by atoms with Crippen LogP contribution in [0.3, 0.4) is 0 Å². The van der Waals surface area contributed by atoms with Crippen molar-refractivity contribution in [3.05, 3.63) is 40.9 Å². The summed E-state index contributed by atoms with van der Waals surface area (Å²) in [5.41, 5.74) is 2.25. The van der Waals surface area contributed by atoms with E-state index in [9.17, 15) is 4.79 Å². The highest BCUT2D eigenvalue weighted by molar-refractivity contribution is 7.15. The van der Waals surface area contributed by atoms with Gasteiger partial charge >= 0.3 is 0 Å². The van der Waals surface area contributed by atoms with Gasteiger partial charge in [0.1, 0.15) is 0 Å². The predicted octanol–water partition coefficient (Wildman–Crippen LogP) is 3.20. The second kappa shape index (κ2) is 6.33. The van der Waals surface area contributed by atoms with Gasteiger partial charge in [-0.1, -0.05) is 18.2 Å². The number of hydrogen-bond acceptors (Lipinski definition) is 4. The number of benzene rings is 1. The van der Waals surface area contributed by atoms with Crippen LogP contribution in [-0.4, -0.2) is 17.4 Å². The van der Waals surface area contributed by atoms with Gasteiger partial charge in [0.2, 0.25) is 5.91 Å². The molecular formula is C14H17N3OS. The van der Waals surface area contributed by atoms with Crippen LogP contribution in [-0.2, 0) is 4.79 Å². The van der Waals surface area contributed by atoms with E-state index in [1.165, 1.54) is 16.9 Å². The van der Waals surface area contributed by atoms with Crippen LogP contribution in [0.4, 0.5) is 10.8 Å². The zero-order valence-corrected chi connectivity index (χ0v) is 11.9. The van der Waals surface area contributed by atoms with Crippen molar-refractivity contribution < 1.29 is 4.79 Å². The molecule has 19 heavy (non-hydrogen) atoms. The summed E-state index contributed by atoms with van der Waals surface area (Å²) in [7, 11) is 0. The summed E-state index contributed by atoms with van der Waals surface area (Å²) in [6.07, 6.45) is 2.18. The van der Waals surface area contributed by atoms with Gasteiger partial charge in [-0.2, -0.15) is 0 Å². The van der Waals surface area contributed by atoms with Gasteiger partial charge in [-0.25, -0.2) is 4.98 Å². The van der Waals surface area contributed by atoms with E-state index >= 15 is 0 Å². The molecule has 2 rings (SSSR count). The highest BCUT2D eigenvalue weighted by atomic mass is 32.1. The minimum atomic E-state index is -0.0181. The highest BCUT2D eigenvalue weighted by Gasteiger charge is 2.05. The fourth-order valence-electron chi connectivity index (χ4n) is 1.68. The van der Waals surface area contributed by atoms with Crippen molar-refractivity contribution in [1.82, 2.24) is 4.98 Å². The van der Waals surface area contributed by atoms with Gasteiger partial charge in [-0.3, -0.25) is 4.79 Å². The lowest BCUT2D eigenvalue weighted by molar-refractivity contribution is -0.115. The summed E-state index contributed by atoms with van der Waals surface area (Å²) in [5, 5.41) is 6.71. The molecule has 0 fully saturated rings. The Balaban J connectivity index is 1.77. The molecule has 2 N–H and O–H groups in total. The van der Waals surface area contributed by atoms with Crippen LogP contribution in [0.15, 0.2) is 30.5 Å². The fraction of sp³-hybridized carbons (Fsp3) is 0.286. The molecular weight excluding hydrogens is 258 g/mol. The smallest absolute Gasteiger partial charge is 0.227 e. The maximum Gasteiger partial charge on any atom is 0.227 e. The molecule has 100 valence electrons. The van der Waals surface area contributed by atoms with Gasteiger partial charge in [-0.05, 0) is 25.5 Å². The number of thiazole rings is 1. The van der Waals surface area contributed by atoms with Crippen LogP contribution in [0.1, 0.15) is 16.9 Å². The highest BCUT2D eigenvalue weighted by Crippen LogP contribution is 2.17. The third kappa shape index (κ3) is 4.06. The minimum Gasteiger partial charge on any atom is -0.384 e. The van der Waals surface area contributed by atoms with Gasteiger partial charge in [-0.15, -0.1) is 11.3 Å². The maximum absolute atomic E-state index is 11.7. The summed E-state index contributed by atoms with van der Waals surface area (Å²) in [6.45, 7) is 4.62. The normalized spacial score (nSPS) is 10.2. The Morgan fingerprint density at radius 1 is 1.32 bits per heavy atom. The number of anilines is 2. The Morgan fingerprint density at radius 2 is 2.11 bits per heavy atom. The first-order valence-corrected chi connectivity index (χ1v) is 6.98. The van der Waals surface area contributed by atoms with Gasteiger partial charge < -0.3 is 10.6 Å². The van der Waals surface area contributed by atoms with Crippen LogP contribution in [0.5, 0.6) is 0 Å². The molecule has 0 spiro atoms. The molecule has 0 radical (unpaired) electrons. The van der Waals surface area contributed by atoms with Gasteiger partial charge in [0, 0.05) is 29.7 Å². The Hall–Kier alpha value is -1.88. The minimum absolute atomic E-state index is 0.0181. The molecule has 0 aliphatic heterocycles. The molecule has 1 aromatic carbocycles. The summed E-state index contributed by atoms with van der Waals surface area (Å²) >= 11 is 1.48. The lowest BCUT2D eigenvalue weighted by Gasteiger charge is -2.08. The average Bonchev–Trinajstić information content (AvgIpc) is 2.77. The molecule has 0 unspecified atom stereocenters. The number of rotatable bonds is 5. The second-order valence-electron chi connectivity index (χ2n) is 4.32. The first-order valence-electron chi connectivity index (χ1n) is 6.17. The molecule has 0 saturated carbocycles. The standard InChI is InChI=1S/C14H17N3OS/c1-10-5-3-4-6-12(10)15-8-7-13(18)17-14-16-9-11(2)19-14/h3-6,9,15H,7-8H2,1-2H3,(H,16,17,18). The number of aromatic nitrogens is 1. The zero-order valence-electron chi connectivity index (χ0n) is 11.1. The fourth-order valence-corrected chi connectivity index (χ4v) is 2.36. The zero-order chi connectivity index (χ0) is 13.7. The Kier molecular flexibility index (Phi) is 4.52. The molecule has 1 amide bonds. The molecule has 0 aliphatic carbocycles. The monoisotopic (exact) mass is 275 g/mol. The van der Waals surface area contributed by atoms with Gasteiger partial charge in [0.05, 0.1) is 0 Å². The number of aryl methyl sites for hydroxylation is 2. The van der Waals surface area contributed by atoms with Crippen molar-refractivity contribution in [3.63, 3.8) is 0 Å². The van der Waals surface area contributed by atoms with E-state index in [-0.39, 0.29) is 5.91 Å². The third-order valence-electron chi connectivity index (χ3n) is 2.68. The van der Waals surface area contributed by atoms with E-state index in [0.29, 0.717) is 18.1 Å². The van der Waals surface area contributed by atoms with Crippen LogP contribution >= 0.6 is 11.3 Å². The van der Waals surface area contributed by atoms with E-state index in [1.54, 1.807) is 6.20 Å². The van der Waals surface area contributed by atoms with Gasteiger partial charge in [0.15, 0.2) is 5.13 Å². The number of amides is 1. The van der Waals surface area contributed by atoms with E-state index in [2.05, 4.69) is 15.6 Å². The molecule has 0 atom stereocenters. The molecule has 4 nitrogen and oxygen atoms in total. The average molecular weight is 275 g/mol. The number of nitrogens with one attached hydrogen (secondary N) is 2. The lowest BCUT2D eigenvalue weighted by Crippen LogP contribution is -2.16. The van der Waals surface area contributed by atoms with E-state index in [4.69, 9.17) is 0 Å². The summed E-state index contributed by atoms with van der Waals surface area (Å²) in [4.78, 5) is 16.9. The molecule has 0 aliphatic rings. The maximum atomic E-state index is 11.7. The second-order valence-corrected chi connectivity index (χ2v) is 5.55. The Labute approximate surface area is 116 Å². The molecule has 5 heteroatoms. The van der Waals surface area contributed by atoms with Crippen molar-refractivity contribution >= 4 is 28.1 Å². The molecule has 2 aromatic rings. The van der Waals surface area contributed by atoms with Crippen molar-refractivity contribution in [3.8, 4) is 0 Å². The van der Waals surface area contributed by atoms with Crippen LogP contribution in [0, 0.1) is 13.8 Å².